The van der Waals surface area contributed by atoms with E-state index < -0.39 is 123 Å². The van der Waals surface area contributed by atoms with E-state index in [1.165, 1.54) is 21.1 Å². The van der Waals surface area contributed by atoms with Crippen molar-refractivity contribution in [2.75, 3.05) is 41.2 Å². The van der Waals surface area contributed by atoms with Gasteiger partial charge in [0.1, 0.15) is 35.8 Å². The second-order valence-electron chi connectivity index (χ2n) is 21.9. The van der Waals surface area contributed by atoms with Gasteiger partial charge in [0, 0.05) is 77.0 Å². The van der Waals surface area contributed by atoms with Crippen LogP contribution < -0.4 is 0 Å². The number of Topliss-reactive ketones (excluding diaryl/α,β-unsaturated/α-hetero) is 1. The van der Waals surface area contributed by atoms with E-state index in [2.05, 4.69) is 10.3 Å². The average Bonchev–Trinajstić information content (AvgIpc) is 3.82. The molecule has 3 aliphatic rings. The van der Waals surface area contributed by atoms with Crippen LogP contribution in [0.2, 0.25) is 0 Å². The largest absolute Gasteiger partial charge is 0.459 e. The number of hydrogen-bond acceptors (Lipinski definition) is 18. The zero-order valence-corrected chi connectivity index (χ0v) is 46.2. The first-order chi connectivity index (χ1) is 33.5. The molecule has 0 saturated carbocycles. The highest BCUT2D eigenvalue weighted by atomic mass is 32.2. The maximum Gasteiger partial charge on any atom is 0.309 e. The van der Waals surface area contributed by atoms with E-state index in [-0.39, 0.29) is 42.1 Å². The van der Waals surface area contributed by atoms with Crippen LogP contribution in [0.4, 0.5) is 0 Å². The topological polar surface area (TPSA) is 248 Å². The maximum atomic E-state index is 14.6. The van der Waals surface area contributed by atoms with Gasteiger partial charge in [0.2, 0.25) is 0 Å². The highest BCUT2D eigenvalue weighted by molar-refractivity contribution is 7.90. The monoisotopic (exact) mass is 1040 g/mol. The van der Waals surface area contributed by atoms with Crippen molar-refractivity contribution >= 4 is 21.6 Å². The van der Waals surface area contributed by atoms with Crippen molar-refractivity contribution in [3.63, 3.8) is 0 Å². The van der Waals surface area contributed by atoms with E-state index in [0.29, 0.717) is 25.1 Å². The highest BCUT2D eigenvalue weighted by Gasteiger charge is 2.56. The van der Waals surface area contributed by atoms with Crippen molar-refractivity contribution < 1.29 is 71.6 Å². The molecule has 5 rings (SSSR count). The molecule has 20 atom stereocenters. The highest BCUT2D eigenvalue weighted by Crippen LogP contribution is 2.46. The molecule has 19 nitrogen and oxygen atoms in total. The van der Waals surface area contributed by atoms with E-state index in [9.17, 15) is 38.4 Å². The first kappa shape index (κ1) is 59.9. The van der Waals surface area contributed by atoms with Crippen LogP contribution >= 0.6 is 0 Å². The number of sulfone groups is 1. The SMILES string of the molecule is CC[C@H]1OC(=O)[C@H](C)C([C@H]2C[C@@](C)(OC)[C@@H](O)[C@H](C)O2)[C@H](C)[C@@H](O[C@@H]2O[C@H](C)C[C@H](N(C)CCc3cn([C@H](C)[C@H](OC)c4ccc(S(C)(=O)=O)cc4)nn3)[C@H]2O)[C@](C)(OC)C[C@@H](C)C(=O)[C@H](C)[C@@H](O)[C@]1(C)O. The maximum absolute atomic E-state index is 14.6. The van der Waals surface area contributed by atoms with Crippen LogP contribution in [-0.2, 0) is 59.0 Å². The van der Waals surface area contributed by atoms with Gasteiger partial charge in [-0.25, -0.2) is 13.1 Å². The van der Waals surface area contributed by atoms with Crippen molar-refractivity contribution in [1.29, 1.82) is 0 Å². The second-order valence-corrected chi connectivity index (χ2v) is 23.9. The number of likely N-dealkylation sites (N-methyl/N-ethyl adjacent to an activating group) is 1. The number of hydrogen-bond donors (Lipinski definition) is 4. The number of ether oxygens (including phenoxy) is 7. The Morgan fingerprint density at radius 1 is 0.917 bits per heavy atom. The Kier molecular flexibility index (Phi) is 19.9. The van der Waals surface area contributed by atoms with Crippen LogP contribution in [0.5, 0.6) is 0 Å². The zero-order chi connectivity index (χ0) is 54.0. The Balaban J connectivity index is 1.47. The molecule has 0 amide bonds. The summed E-state index contributed by atoms with van der Waals surface area (Å²) < 4.78 is 70.4. The van der Waals surface area contributed by atoms with Crippen molar-refractivity contribution in [2.24, 2.45) is 29.6 Å². The van der Waals surface area contributed by atoms with Gasteiger partial charge >= 0.3 is 5.97 Å². The van der Waals surface area contributed by atoms with Crippen LogP contribution in [0.15, 0.2) is 35.4 Å². The summed E-state index contributed by atoms with van der Waals surface area (Å²) in [5.41, 5.74) is -2.88. The quantitative estimate of drug-likeness (QED) is 0.182. The average molecular weight is 1040 g/mol. The standard InChI is InChI=1S/C52H86N4O15S/c1-17-40-52(11,62)45(59)32(6)42(57)28(2)25-51(10,67-15)47(30(4)41(31(5)48(61)70-40)39-26-50(9,66-14)46(60)34(8)69-39)71-49-43(58)38(24-29(3)68-49)55(12)23-22-36-27-56(54-53-36)33(7)44(65-13)35-18-20-37(21-19-35)72(16,63)64/h18-21,27-34,38-41,43-47,49,58-60,62H,17,22-26H2,1-16H3/t28-,29-,30+,31-,32+,33-,34+,38+,39-,40-,41?,43-,44+,45-,46+,47-,49+,50-,51-,52-/m1/s1. The van der Waals surface area contributed by atoms with Crippen LogP contribution in [0.25, 0.3) is 0 Å². The van der Waals surface area contributed by atoms with Crippen molar-refractivity contribution in [3.05, 3.63) is 41.7 Å². The molecule has 0 aliphatic carbocycles. The number of cyclic esters (lactones) is 1. The lowest BCUT2D eigenvalue weighted by Gasteiger charge is -2.52. The van der Waals surface area contributed by atoms with Gasteiger partial charge in [0.15, 0.2) is 16.1 Å². The van der Waals surface area contributed by atoms with Gasteiger partial charge < -0.3 is 58.5 Å². The molecule has 4 N–H and O–H groups in total. The van der Waals surface area contributed by atoms with Gasteiger partial charge in [0.05, 0.1) is 64.3 Å². The molecule has 1 aromatic carbocycles. The lowest BCUT2D eigenvalue weighted by molar-refractivity contribution is -0.305. The number of methoxy groups -OCH3 is 3. The Morgan fingerprint density at radius 3 is 2.11 bits per heavy atom. The zero-order valence-electron chi connectivity index (χ0n) is 45.4. The molecular formula is C52H86N4O15S. The second kappa shape index (κ2) is 23.9. The molecule has 3 fully saturated rings. The molecule has 20 heteroatoms. The van der Waals surface area contributed by atoms with E-state index in [1.54, 1.807) is 77.6 Å². The van der Waals surface area contributed by atoms with Gasteiger partial charge in [0.25, 0.3) is 0 Å². The molecule has 4 heterocycles. The predicted octanol–water partition coefficient (Wildman–Crippen LogP) is 4.27. The van der Waals surface area contributed by atoms with Gasteiger partial charge in [-0.2, -0.15) is 0 Å². The molecule has 1 aromatic heterocycles. The van der Waals surface area contributed by atoms with Gasteiger partial charge in [-0.1, -0.05) is 52.0 Å². The summed E-state index contributed by atoms with van der Waals surface area (Å²) in [7, 11) is 3.17. The number of ketones is 1. The van der Waals surface area contributed by atoms with Crippen molar-refractivity contribution in [3.8, 4) is 0 Å². The third-order valence-corrected chi connectivity index (χ3v) is 17.7. The van der Waals surface area contributed by atoms with Crippen molar-refractivity contribution in [1.82, 2.24) is 19.9 Å². The Morgan fingerprint density at radius 2 is 1.54 bits per heavy atom. The molecule has 3 aliphatic heterocycles. The fourth-order valence-electron chi connectivity index (χ4n) is 11.8. The smallest absolute Gasteiger partial charge is 0.309 e. The first-order valence-corrected chi connectivity index (χ1v) is 27.4. The van der Waals surface area contributed by atoms with Gasteiger partial charge in [-0.3, -0.25) is 9.59 Å². The normalized spacial score (nSPS) is 39.8. The third kappa shape index (κ3) is 12.8. The molecule has 0 radical (unpaired) electrons. The summed E-state index contributed by atoms with van der Waals surface area (Å²) in [6.07, 6.45) is -5.10. The first-order valence-electron chi connectivity index (χ1n) is 25.5. The number of nitrogens with zero attached hydrogens (tertiary/aromatic N) is 4. The summed E-state index contributed by atoms with van der Waals surface area (Å²) in [5, 5.41) is 56.0. The molecule has 1 unspecified atom stereocenters. The minimum atomic E-state index is -3.36. The fourth-order valence-corrected chi connectivity index (χ4v) is 12.4. The minimum absolute atomic E-state index is 0.0807. The third-order valence-electron chi connectivity index (χ3n) is 16.5. The molecule has 72 heavy (non-hydrogen) atoms. The number of carbonyl (C=O) groups excluding carboxylic acids is 2. The lowest BCUT2D eigenvalue weighted by Crippen LogP contribution is -2.62. The summed E-state index contributed by atoms with van der Waals surface area (Å²) in [6.45, 7) is 19.7. The number of aliphatic hydroxyl groups is 4. The van der Waals surface area contributed by atoms with Crippen LogP contribution in [0.1, 0.15) is 125 Å². The molecule has 410 valence electrons. The fraction of sp³-hybridized carbons (Fsp3) is 0.808. The number of benzene rings is 1. The molecular weight excluding hydrogens is 953 g/mol. The number of aromatic nitrogens is 3. The van der Waals surface area contributed by atoms with E-state index >= 15 is 0 Å². The Hall–Kier alpha value is -2.99. The van der Waals surface area contributed by atoms with Crippen molar-refractivity contribution in [2.45, 2.75) is 203 Å². The summed E-state index contributed by atoms with van der Waals surface area (Å²) in [5.74, 6) is -5.16. The number of aliphatic hydroxyl groups excluding tert-OH is 3. The molecule has 0 bridgehead atoms. The molecule has 0 spiro atoms. The van der Waals surface area contributed by atoms with Gasteiger partial charge in [-0.05, 0) is 91.5 Å². The summed E-state index contributed by atoms with van der Waals surface area (Å²) >= 11 is 0. The van der Waals surface area contributed by atoms with Crippen LogP contribution in [-0.4, -0.2) is 180 Å². The number of rotatable bonds is 15. The van der Waals surface area contributed by atoms with E-state index in [0.717, 1.165) is 11.8 Å². The Labute approximate surface area is 427 Å². The summed E-state index contributed by atoms with van der Waals surface area (Å²) in [4.78, 5) is 31.2. The summed E-state index contributed by atoms with van der Waals surface area (Å²) in [6, 6.07) is 5.84. The molecule has 2 aromatic rings. The number of carbonyl (C=O) groups is 2. The van der Waals surface area contributed by atoms with Crippen LogP contribution in [0.3, 0.4) is 0 Å². The number of esters is 1. The molecule has 3 saturated heterocycles. The predicted molar refractivity (Wildman–Crippen MR) is 266 cm³/mol. The van der Waals surface area contributed by atoms with E-state index in [1.807, 2.05) is 45.8 Å². The van der Waals surface area contributed by atoms with Crippen LogP contribution in [0, 0.1) is 29.6 Å². The van der Waals surface area contributed by atoms with E-state index in [4.69, 9.17) is 33.2 Å². The lowest BCUT2D eigenvalue weighted by atomic mass is 9.67. The minimum Gasteiger partial charge on any atom is -0.459 e. The Bertz CT molecular complexity index is 2210. The van der Waals surface area contributed by atoms with Gasteiger partial charge in [-0.15, -0.1) is 5.10 Å².